The SMILES string of the molecule is CCOc1ccc(OCC(=O)N2CCN(S(=O)(=O)c3ccc(C(F)(F)F)cc3)CC2)cc1. The molecule has 1 aliphatic heterocycles. The number of rotatable bonds is 7. The number of carbonyl (C=O) groups is 1. The fourth-order valence-corrected chi connectivity index (χ4v) is 4.60. The molecule has 0 unspecified atom stereocenters. The van der Waals surface area contributed by atoms with Gasteiger partial charge in [-0.25, -0.2) is 8.42 Å². The van der Waals surface area contributed by atoms with Gasteiger partial charge in [0.1, 0.15) is 11.5 Å². The largest absolute Gasteiger partial charge is 0.494 e. The van der Waals surface area contributed by atoms with E-state index < -0.39 is 21.8 Å². The number of amides is 1. The van der Waals surface area contributed by atoms with Crippen LogP contribution < -0.4 is 9.47 Å². The fraction of sp³-hybridized carbons (Fsp3) is 0.381. The molecule has 1 amide bonds. The summed E-state index contributed by atoms with van der Waals surface area (Å²) in [7, 11) is -3.95. The molecule has 3 rings (SSSR count). The van der Waals surface area contributed by atoms with Crippen LogP contribution in [-0.4, -0.2) is 62.9 Å². The number of piperazine rings is 1. The van der Waals surface area contributed by atoms with Gasteiger partial charge in [-0.3, -0.25) is 4.79 Å². The van der Waals surface area contributed by atoms with Gasteiger partial charge in [0.15, 0.2) is 6.61 Å². The number of ether oxygens (including phenoxy) is 2. The summed E-state index contributed by atoms with van der Waals surface area (Å²) in [6.07, 6.45) is -4.54. The van der Waals surface area contributed by atoms with Crippen LogP contribution >= 0.6 is 0 Å². The van der Waals surface area contributed by atoms with Crippen molar-refractivity contribution in [1.82, 2.24) is 9.21 Å². The summed E-state index contributed by atoms with van der Waals surface area (Å²) in [4.78, 5) is 13.7. The van der Waals surface area contributed by atoms with E-state index in [0.29, 0.717) is 18.1 Å². The predicted molar refractivity (Wildman–Crippen MR) is 110 cm³/mol. The monoisotopic (exact) mass is 472 g/mol. The Morgan fingerprint density at radius 3 is 1.94 bits per heavy atom. The van der Waals surface area contributed by atoms with Crippen molar-refractivity contribution in [2.24, 2.45) is 0 Å². The third kappa shape index (κ3) is 5.71. The number of benzene rings is 2. The van der Waals surface area contributed by atoms with E-state index in [-0.39, 0.29) is 43.6 Å². The molecule has 0 saturated carbocycles. The minimum Gasteiger partial charge on any atom is -0.494 e. The van der Waals surface area contributed by atoms with Crippen LogP contribution in [0, 0.1) is 0 Å². The highest BCUT2D eigenvalue weighted by Crippen LogP contribution is 2.30. The quantitative estimate of drug-likeness (QED) is 0.619. The number of hydrogen-bond acceptors (Lipinski definition) is 5. The van der Waals surface area contributed by atoms with Crippen LogP contribution in [0.5, 0.6) is 11.5 Å². The Morgan fingerprint density at radius 2 is 1.44 bits per heavy atom. The number of nitrogens with zero attached hydrogens (tertiary/aromatic N) is 2. The van der Waals surface area contributed by atoms with Crippen LogP contribution in [-0.2, 0) is 21.0 Å². The van der Waals surface area contributed by atoms with E-state index in [0.717, 1.165) is 28.6 Å². The third-order valence-corrected chi connectivity index (χ3v) is 6.82. The topological polar surface area (TPSA) is 76.2 Å². The van der Waals surface area contributed by atoms with Crippen molar-refractivity contribution in [3.63, 3.8) is 0 Å². The molecule has 32 heavy (non-hydrogen) atoms. The molecule has 1 aliphatic rings. The van der Waals surface area contributed by atoms with Gasteiger partial charge in [-0.05, 0) is 55.5 Å². The van der Waals surface area contributed by atoms with Gasteiger partial charge in [-0.2, -0.15) is 17.5 Å². The summed E-state index contributed by atoms with van der Waals surface area (Å²) in [5.74, 6) is 0.910. The van der Waals surface area contributed by atoms with E-state index in [1.165, 1.54) is 4.90 Å². The maximum Gasteiger partial charge on any atom is 0.416 e. The first kappa shape index (κ1) is 23.9. The minimum atomic E-state index is -4.54. The zero-order valence-corrected chi connectivity index (χ0v) is 18.2. The highest BCUT2D eigenvalue weighted by molar-refractivity contribution is 7.89. The number of alkyl halides is 3. The summed E-state index contributed by atoms with van der Waals surface area (Å²) in [6, 6.07) is 10.2. The van der Waals surface area contributed by atoms with Gasteiger partial charge in [0.2, 0.25) is 10.0 Å². The van der Waals surface area contributed by atoms with Gasteiger partial charge in [-0.15, -0.1) is 0 Å². The first-order valence-electron chi connectivity index (χ1n) is 9.92. The van der Waals surface area contributed by atoms with Gasteiger partial charge in [0.05, 0.1) is 17.1 Å². The Bertz CT molecular complexity index is 1020. The first-order chi connectivity index (χ1) is 15.1. The lowest BCUT2D eigenvalue weighted by Crippen LogP contribution is -2.51. The van der Waals surface area contributed by atoms with E-state index in [2.05, 4.69) is 0 Å². The molecule has 0 atom stereocenters. The molecule has 11 heteroatoms. The normalized spacial score (nSPS) is 15.4. The summed E-state index contributed by atoms with van der Waals surface area (Å²) < 4.78 is 75.5. The zero-order chi connectivity index (χ0) is 23.4. The standard InChI is InChI=1S/C21H23F3N2O5S/c1-2-30-17-5-7-18(8-6-17)31-15-20(27)25-11-13-26(14-12-25)32(28,29)19-9-3-16(4-10-19)21(22,23)24/h3-10H,2,11-15H2,1H3. The van der Waals surface area contributed by atoms with E-state index in [1.807, 2.05) is 6.92 Å². The lowest BCUT2D eigenvalue weighted by Gasteiger charge is -2.34. The van der Waals surface area contributed by atoms with Crippen molar-refractivity contribution >= 4 is 15.9 Å². The average Bonchev–Trinajstić information content (AvgIpc) is 2.78. The Hall–Kier alpha value is -2.79. The summed E-state index contributed by atoms with van der Waals surface area (Å²) >= 11 is 0. The fourth-order valence-electron chi connectivity index (χ4n) is 3.18. The van der Waals surface area contributed by atoms with Crippen LogP contribution in [0.1, 0.15) is 12.5 Å². The second-order valence-electron chi connectivity index (χ2n) is 7.00. The molecule has 0 N–H and O–H groups in total. The van der Waals surface area contributed by atoms with Crippen molar-refractivity contribution in [2.75, 3.05) is 39.4 Å². The number of carbonyl (C=O) groups excluding carboxylic acids is 1. The van der Waals surface area contributed by atoms with Gasteiger partial charge in [-0.1, -0.05) is 0 Å². The maximum atomic E-state index is 12.7. The van der Waals surface area contributed by atoms with Gasteiger partial charge in [0.25, 0.3) is 5.91 Å². The Kier molecular flexibility index (Phi) is 7.29. The van der Waals surface area contributed by atoms with Crippen molar-refractivity contribution in [3.8, 4) is 11.5 Å². The summed E-state index contributed by atoms with van der Waals surface area (Å²) in [5.41, 5.74) is -0.917. The van der Waals surface area contributed by atoms with Crippen LogP contribution in [0.2, 0.25) is 0 Å². The maximum absolute atomic E-state index is 12.7. The van der Waals surface area contributed by atoms with Gasteiger partial charge < -0.3 is 14.4 Å². The van der Waals surface area contributed by atoms with E-state index >= 15 is 0 Å². The highest BCUT2D eigenvalue weighted by atomic mass is 32.2. The summed E-state index contributed by atoms with van der Waals surface area (Å²) in [6.45, 7) is 2.61. The van der Waals surface area contributed by atoms with Crippen molar-refractivity contribution in [1.29, 1.82) is 0 Å². The number of halogens is 3. The van der Waals surface area contributed by atoms with Crippen LogP contribution in [0.3, 0.4) is 0 Å². The van der Waals surface area contributed by atoms with Gasteiger partial charge >= 0.3 is 6.18 Å². The molecule has 7 nitrogen and oxygen atoms in total. The molecule has 1 heterocycles. The summed E-state index contributed by atoms with van der Waals surface area (Å²) in [5, 5.41) is 0. The number of hydrogen-bond donors (Lipinski definition) is 0. The number of sulfonamides is 1. The lowest BCUT2D eigenvalue weighted by molar-refractivity contribution is -0.137. The van der Waals surface area contributed by atoms with Crippen molar-refractivity contribution in [2.45, 2.75) is 18.0 Å². The molecule has 0 spiro atoms. The Labute approximate surface area is 184 Å². The van der Waals surface area contributed by atoms with E-state index in [9.17, 15) is 26.4 Å². The Balaban J connectivity index is 1.52. The molecule has 0 bridgehead atoms. The molecule has 2 aromatic carbocycles. The second-order valence-corrected chi connectivity index (χ2v) is 8.94. The second kappa shape index (κ2) is 9.78. The molecule has 2 aromatic rings. The van der Waals surface area contributed by atoms with E-state index in [1.54, 1.807) is 24.3 Å². The molecular formula is C21H23F3N2O5S. The molecule has 0 aliphatic carbocycles. The highest BCUT2D eigenvalue weighted by Gasteiger charge is 2.33. The zero-order valence-electron chi connectivity index (χ0n) is 17.3. The van der Waals surface area contributed by atoms with Crippen molar-refractivity contribution in [3.05, 3.63) is 54.1 Å². The third-order valence-electron chi connectivity index (χ3n) is 4.91. The lowest BCUT2D eigenvalue weighted by atomic mass is 10.2. The Morgan fingerprint density at radius 1 is 0.906 bits per heavy atom. The molecule has 174 valence electrons. The van der Waals surface area contributed by atoms with Gasteiger partial charge in [0, 0.05) is 26.2 Å². The molecule has 1 saturated heterocycles. The molecule has 0 radical (unpaired) electrons. The smallest absolute Gasteiger partial charge is 0.416 e. The molecule has 1 fully saturated rings. The molecule has 0 aromatic heterocycles. The first-order valence-corrected chi connectivity index (χ1v) is 11.4. The van der Waals surface area contributed by atoms with E-state index in [4.69, 9.17) is 9.47 Å². The van der Waals surface area contributed by atoms with Crippen LogP contribution in [0.25, 0.3) is 0 Å². The molecular weight excluding hydrogens is 449 g/mol. The average molecular weight is 472 g/mol. The van der Waals surface area contributed by atoms with Crippen molar-refractivity contribution < 1.29 is 35.9 Å². The van der Waals surface area contributed by atoms with Crippen LogP contribution in [0.4, 0.5) is 13.2 Å². The van der Waals surface area contributed by atoms with Crippen LogP contribution in [0.15, 0.2) is 53.4 Å². The minimum absolute atomic E-state index is 0.0398. The predicted octanol–water partition coefficient (Wildman–Crippen LogP) is 3.02.